The molecule has 8 heteroatoms. The van der Waals surface area contributed by atoms with Gasteiger partial charge in [0.15, 0.2) is 5.16 Å². The van der Waals surface area contributed by atoms with Gasteiger partial charge in [-0.15, -0.1) is 10.2 Å². The fourth-order valence-electron chi connectivity index (χ4n) is 3.99. The van der Waals surface area contributed by atoms with Gasteiger partial charge in [-0.2, -0.15) is 0 Å². The summed E-state index contributed by atoms with van der Waals surface area (Å²) in [4.78, 5) is 25.8. The number of carbonyl (C=O) groups is 2. The smallest absolute Gasteiger partial charge is 0.257 e. The monoisotopic (exact) mass is 497 g/mol. The fraction of sp³-hybridized carbons (Fsp3) is 0.214. The molecular weight excluding hydrogens is 470 g/mol. The van der Waals surface area contributed by atoms with Crippen molar-refractivity contribution < 1.29 is 9.59 Å². The molecule has 182 valence electrons. The van der Waals surface area contributed by atoms with Crippen LogP contribution < -0.4 is 10.6 Å². The van der Waals surface area contributed by atoms with Crippen molar-refractivity contribution in [2.75, 3.05) is 16.4 Å². The van der Waals surface area contributed by atoms with Gasteiger partial charge in [-0.25, -0.2) is 0 Å². The van der Waals surface area contributed by atoms with Gasteiger partial charge in [0.1, 0.15) is 5.82 Å². The third-order valence-electron chi connectivity index (χ3n) is 5.93. The molecule has 2 N–H and O–H groups in total. The zero-order valence-electron chi connectivity index (χ0n) is 20.0. The van der Waals surface area contributed by atoms with E-state index >= 15 is 0 Å². The number of anilines is 2. The number of para-hydroxylation sites is 1. The average molecular weight is 498 g/mol. The van der Waals surface area contributed by atoms with Crippen LogP contribution in [0.5, 0.6) is 0 Å². The molecule has 36 heavy (non-hydrogen) atoms. The first kappa shape index (κ1) is 23.8. The van der Waals surface area contributed by atoms with E-state index in [2.05, 4.69) is 37.5 Å². The van der Waals surface area contributed by atoms with Crippen molar-refractivity contribution in [3.63, 3.8) is 0 Å². The molecular formula is C28H27N5O2S. The first-order valence-electron chi connectivity index (χ1n) is 11.9. The molecule has 1 heterocycles. The Morgan fingerprint density at radius 3 is 2.50 bits per heavy atom. The lowest BCUT2D eigenvalue weighted by Gasteiger charge is -2.12. The van der Waals surface area contributed by atoms with Crippen LogP contribution in [0.25, 0.3) is 0 Å². The lowest BCUT2D eigenvalue weighted by Crippen LogP contribution is -2.19. The molecule has 1 saturated carbocycles. The Morgan fingerprint density at radius 2 is 1.72 bits per heavy atom. The lowest BCUT2D eigenvalue weighted by atomic mass is 10.1. The summed E-state index contributed by atoms with van der Waals surface area (Å²) in [6.07, 6.45) is 2.25. The summed E-state index contributed by atoms with van der Waals surface area (Å²) in [5.41, 5.74) is 3.80. The van der Waals surface area contributed by atoms with Crippen molar-refractivity contribution in [2.45, 2.75) is 37.4 Å². The second-order valence-corrected chi connectivity index (χ2v) is 9.84. The summed E-state index contributed by atoms with van der Waals surface area (Å²) in [5, 5.41) is 15.3. The number of carbonyl (C=O) groups excluding carboxylic acids is 2. The number of benzene rings is 3. The number of rotatable bonds is 9. The van der Waals surface area contributed by atoms with Crippen LogP contribution in [-0.4, -0.2) is 32.3 Å². The second kappa shape index (κ2) is 10.8. The van der Waals surface area contributed by atoms with Gasteiger partial charge in [-0.1, -0.05) is 66.4 Å². The van der Waals surface area contributed by atoms with E-state index in [-0.39, 0.29) is 17.6 Å². The van der Waals surface area contributed by atoms with E-state index in [1.54, 1.807) is 24.3 Å². The Bertz CT molecular complexity index is 1380. The van der Waals surface area contributed by atoms with Crippen LogP contribution in [0.1, 0.15) is 46.1 Å². The van der Waals surface area contributed by atoms with E-state index in [1.165, 1.54) is 17.3 Å². The van der Waals surface area contributed by atoms with E-state index in [0.717, 1.165) is 29.4 Å². The average Bonchev–Trinajstić information content (AvgIpc) is 3.65. The molecule has 5 rings (SSSR count). The van der Waals surface area contributed by atoms with Crippen LogP contribution in [-0.2, 0) is 11.3 Å². The minimum atomic E-state index is -0.277. The van der Waals surface area contributed by atoms with Crippen molar-refractivity contribution in [2.24, 2.45) is 0 Å². The highest BCUT2D eigenvalue weighted by molar-refractivity contribution is 7.99. The van der Waals surface area contributed by atoms with Crippen molar-refractivity contribution in [3.05, 3.63) is 101 Å². The van der Waals surface area contributed by atoms with Gasteiger partial charge in [-0.3, -0.25) is 9.59 Å². The molecule has 0 aliphatic heterocycles. The highest BCUT2D eigenvalue weighted by Gasteiger charge is 2.30. The van der Waals surface area contributed by atoms with Crippen LogP contribution in [0, 0.1) is 6.92 Å². The minimum absolute atomic E-state index is 0.158. The first-order valence-corrected chi connectivity index (χ1v) is 12.9. The van der Waals surface area contributed by atoms with E-state index in [4.69, 9.17) is 0 Å². The number of hydrogen-bond donors (Lipinski definition) is 2. The zero-order chi connectivity index (χ0) is 24.9. The van der Waals surface area contributed by atoms with Gasteiger partial charge in [0.05, 0.1) is 23.5 Å². The number of aromatic nitrogens is 3. The Kier molecular flexibility index (Phi) is 7.13. The standard InChI is InChI=1S/C28H27N5O2S/c1-19-8-7-11-22(16-19)29-27(35)23-12-5-6-13-24(23)30-25(34)18-36-28-32-31-26(21-14-15-21)33(28)17-20-9-3-2-4-10-20/h2-13,16,21H,14-15,17-18H2,1H3,(H,29,35)(H,30,34). The quantitative estimate of drug-likeness (QED) is 0.298. The Balaban J connectivity index is 1.25. The molecule has 1 aromatic heterocycles. The molecule has 7 nitrogen and oxygen atoms in total. The Morgan fingerprint density at radius 1 is 0.944 bits per heavy atom. The molecule has 4 aromatic rings. The van der Waals surface area contributed by atoms with Gasteiger partial charge in [-0.05, 0) is 55.2 Å². The van der Waals surface area contributed by atoms with E-state index in [9.17, 15) is 9.59 Å². The maximum Gasteiger partial charge on any atom is 0.257 e. The summed E-state index contributed by atoms with van der Waals surface area (Å²) in [7, 11) is 0. The number of thioether (sulfide) groups is 1. The molecule has 2 amide bonds. The van der Waals surface area contributed by atoms with Gasteiger partial charge < -0.3 is 15.2 Å². The van der Waals surface area contributed by atoms with Crippen molar-refractivity contribution in [1.82, 2.24) is 14.8 Å². The molecule has 1 aliphatic carbocycles. The molecule has 3 aromatic carbocycles. The van der Waals surface area contributed by atoms with Gasteiger partial charge in [0, 0.05) is 11.6 Å². The van der Waals surface area contributed by atoms with Crippen molar-refractivity contribution in [1.29, 1.82) is 0 Å². The minimum Gasteiger partial charge on any atom is -0.325 e. The fourth-order valence-corrected chi connectivity index (χ4v) is 4.74. The highest BCUT2D eigenvalue weighted by Crippen LogP contribution is 2.40. The van der Waals surface area contributed by atoms with Crippen LogP contribution in [0.2, 0.25) is 0 Å². The molecule has 0 radical (unpaired) electrons. The summed E-state index contributed by atoms with van der Waals surface area (Å²) < 4.78 is 2.12. The number of amides is 2. The summed E-state index contributed by atoms with van der Waals surface area (Å²) >= 11 is 1.35. The number of nitrogens with one attached hydrogen (secondary N) is 2. The molecule has 0 bridgehead atoms. The highest BCUT2D eigenvalue weighted by atomic mass is 32.2. The van der Waals surface area contributed by atoms with E-state index in [1.807, 2.05) is 49.4 Å². The third-order valence-corrected chi connectivity index (χ3v) is 6.89. The van der Waals surface area contributed by atoms with Gasteiger partial charge >= 0.3 is 0 Å². The largest absolute Gasteiger partial charge is 0.325 e. The summed E-state index contributed by atoms with van der Waals surface area (Å²) in [6.45, 7) is 2.64. The van der Waals surface area contributed by atoms with Crippen molar-refractivity contribution in [3.8, 4) is 0 Å². The predicted octanol–water partition coefficient (Wildman–Crippen LogP) is 5.50. The maximum absolute atomic E-state index is 12.9. The van der Waals surface area contributed by atoms with E-state index < -0.39 is 0 Å². The maximum atomic E-state index is 12.9. The van der Waals surface area contributed by atoms with E-state index in [0.29, 0.717) is 29.4 Å². The molecule has 0 atom stereocenters. The normalized spacial score (nSPS) is 12.8. The molecule has 1 aliphatic rings. The van der Waals surface area contributed by atoms with Crippen molar-refractivity contribution >= 4 is 35.0 Å². The van der Waals surface area contributed by atoms with Gasteiger partial charge in [0.25, 0.3) is 5.91 Å². The van der Waals surface area contributed by atoms with Gasteiger partial charge in [0.2, 0.25) is 5.91 Å². The molecule has 1 fully saturated rings. The number of nitrogens with zero attached hydrogens (tertiary/aromatic N) is 3. The Hall–Kier alpha value is -3.91. The molecule has 0 saturated heterocycles. The van der Waals surface area contributed by atoms with Crippen LogP contribution in [0.3, 0.4) is 0 Å². The second-order valence-electron chi connectivity index (χ2n) is 8.89. The van der Waals surface area contributed by atoms with Crippen LogP contribution in [0.15, 0.2) is 84.0 Å². The number of aryl methyl sites for hydroxylation is 1. The van der Waals surface area contributed by atoms with Crippen LogP contribution >= 0.6 is 11.8 Å². The zero-order valence-corrected chi connectivity index (χ0v) is 20.8. The summed E-state index contributed by atoms with van der Waals surface area (Å²) in [6, 6.07) is 24.8. The number of hydrogen-bond acceptors (Lipinski definition) is 5. The topological polar surface area (TPSA) is 88.9 Å². The molecule has 0 spiro atoms. The lowest BCUT2D eigenvalue weighted by molar-refractivity contribution is -0.113. The SMILES string of the molecule is Cc1cccc(NC(=O)c2ccccc2NC(=O)CSc2nnc(C3CC3)n2Cc2ccccc2)c1. The van der Waals surface area contributed by atoms with Crippen LogP contribution in [0.4, 0.5) is 11.4 Å². The third kappa shape index (κ3) is 5.83. The first-order chi connectivity index (χ1) is 17.6. The summed E-state index contributed by atoms with van der Waals surface area (Å²) in [5.74, 6) is 1.10. The predicted molar refractivity (Wildman–Crippen MR) is 142 cm³/mol. The Labute approximate surface area is 214 Å². The molecule has 0 unspecified atom stereocenters.